The molecule has 0 saturated carbocycles. The topological polar surface area (TPSA) is 108 Å². The first kappa shape index (κ1) is 52.0. The van der Waals surface area contributed by atoms with E-state index in [2.05, 4.69) is 62.5 Å². The number of esters is 2. The third-order valence-electron chi connectivity index (χ3n) is 8.86. The van der Waals surface area contributed by atoms with Gasteiger partial charge in [0.2, 0.25) is 0 Å². The van der Waals surface area contributed by atoms with Crippen LogP contribution in [0.2, 0.25) is 0 Å². The van der Waals surface area contributed by atoms with Crippen molar-refractivity contribution < 1.29 is 42.1 Å². The van der Waals surface area contributed by atoms with E-state index < -0.39 is 32.5 Å². The molecule has 0 aromatic carbocycles. The summed E-state index contributed by atoms with van der Waals surface area (Å²) in [6.45, 7) is 4.32. The highest BCUT2D eigenvalue weighted by molar-refractivity contribution is 7.47. The van der Waals surface area contributed by atoms with Crippen molar-refractivity contribution >= 4 is 19.8 Å². The number of allylic oxidation sites excluding steroid dienone is 8. The average molecular weight is 783 g/mol. The second-order valence-corrected chi connectivity index (χ2v) is 16.8. The predicted octanol–water partition coefficient (Wildman–Crippen LogP) is 11.9. The molecule has 10 heteroatoms. The van der Waals surface area contributed by atoms with Gasteiger partial charge in [-0.15, -0.1) is 0 Å². The molecule has 0 aliphatic heterocycles. The predicted molar refractivity (Wildman–Crippen MR) is 224 cm³/mol. The number of likely N-dealkylation sites (N-methyl/N-ethyl adjacent to an activating group) is 1. The second-order valence-electron chi connectivity index (χ2n) is 15.4. The van der Waals surface area contributed by atoms with Gasteiger partial charge in [-0.2, -0.15) is 0 Å². The van der Waals surface area contributed by atoms with Crippen LogP contribution in [0.25, 0.3) is 0 Å². The molecule has 0 aliphatic rings. The minimum absolute atomic E-state index is 0.0230. The molecular formula is C44H81NO8P+. The Kier molecular flexibility index (Phi) is 35.2. The maximum absolute atomic E-state index is 12.7. The molecule has 2 atom stereocenters. The van der Waals surface area contributed by atoms with Crippen LogP contribution in [-0.2, 0) is 32.7 Å². The number of phosphoric acid groups is 1. The summed E-state index contributed by atoms with van der Waals surface area (Å²) in [5.74, 6) is -0.864. The van der Waals surface area contributed by atoms with Crippen LogP contribution in [0.5, 0.6) is 0 Å². The van der Waals surface area contributed by atoms with Crippen molar-refractivity contribution in [2.75, 3.05) is 47.5 Å². The van der Waals surface area contributed by atoms with Crippen LogP contribution in [0, 0.1) is 0 Å². The summed E-state index contributed by atoms with van der Waals surface area (Å²) >= 11 is 0. The van der Waals surface area contributed by atoms with Crippen LogP contribution in [0.15, 0.2) is 48.6 Å². The molecule has 0 saturated heterocycles. The number of carbonyl (C=O) groups is 2. The third kappa shape index (κ3) is 39.7. The lowest BCUT2D eigenvalue weighted by Crippen LogP contribution is -2.37. The Morgan fingerprint density at radius 2 is 1.02 bits per heavy atom. The molecule has 314 valence electrons. The highest BCUT2D eigenvalue weighted by Crippen LogP contribution is 2.43. The number of rotatable bonds is 38. The summed E-state index contributed by atoms with van der Waals surface area (Å²) in [4.78, 5) is 35.3. The SMILES string of the molecule is CCCCC/C=C\C/C=C\C/C=C\C/C=C\CCCC(=O)OC[C@H](COP(=O)(O)OCC[N+](C)(C)C)OC(=O)CCCCCCCCCCCCCCC. The lowest BCUT2D eigenvalue weighted by Gasteiger charge is -2.24. The molecule has 0 heterocycles. The van der Waals surface area contributed by atoms with E-state index in [9.17, 15) is 19.0 Å². The van der Waals surface area contributed by atoms with Gasteiger partial charge in [-0.3, -0.25) is 18.6 Å². The molecule has 1 N–H and O–H groups in total. The number of hydrogen-bond donors (Lipinski definition) is 1. The van der Waals surface area contributed by atoms with Gasteiger partial charge in [0, 0.05) is 12.8 Å². The average Bonchev–Trinajstić information content (AvgIpc) is 3.12. The van der Waals surface area contributed by atoms with Crippen molar-refractivity contribution in [2.24, 2.45) is 0 Å². The van der Waals surface area contributed by atoms with Crippen LogP contribution >= 0.6 is 7.82 Å². The monoisotopic (exact) mass is 783 g/mol. The van der Waals surface area contributed by atoms with Gasteiger partial charge in [0.25, 0.3) is 0 Å². The van der Waals surface area contributed by atoms with Gasteiger partial charge in [-0.05, 0) is 51.4 Å². The lowest BCUT2D eigenvalue weighted by atomic mass is 10.0. The van der Waals surface area contributed by atoms with E-state index in [0.717, 1.165) is 38.5 Å². The zero-order chi connectivity index (χ0) is 40.0. The Balaban J connectivity index is 4.47. The number of carbonyl (C=O) groups excluding carboxylic acids is 2. The van der Waals surface area contributed by atoms with Crippen LogP contribution in [-0.4, -0.2) is 74.9 Å². The van der Waals surface area contributed by atoms with Crippen molar-refractivity contribution in [2.45, 2.75) is 174 Å². The van der Waals surface area contributed by atoms with Crippen molar-refractivity contribution in [1.82, 2.24) is 0 Å². The van der Waals surface area contributed by atoms with Gasteiger partial charge in [-0.25, -0.2) is 4.57 Å². The molecule has 0 bridgehead atoms. The molecule has 0 fully saturated rings. The quantitative estimate of drug-likeness (QED) is 0.0217. The Hall–Kier alpha value is -2.03. The van der Waals surface area contributed by atoms with Crippen LogP contribution in [0.3, 0.4) is 0 Å². The van der Waals surface area contributed by atoms with E-state index in [0.29, 0.717) is 23.9 Å². The molecule has 0 aromatic heterocycles. The number of quaternary nitrogens is 1. The first-order valence-electron chi connectivity index (χ1n) is 21.4. The molecule has 0 aromatic rings. The highest BCUT2D eigenvalue weighted by Gasteiger charge is 2.27. The summed E-state index contributed by atoms with van der Waals surface area (Å²) in [6, 6.07) is 0. The van der Waals surface area contributed by atoms with E-state index in [1.807, 2.05) is 21.1 Å². The molecule has 0 amide bonds. The summed E-state index contributed by atoms with van der Waals surface area (Å²) in [7, 11) is 1.45. The fourth-order valence-corrected chi connectivity index (χ4v) is 6.22. The Labute approximate surface area is 331 Å². The fourth-order valence-electron chi connectivity index (χ4n) is 5.48. The normalized spacial score (nSPS) is 14.1. The molecule has 0 rings (SSSR count). The zero-order valence-corrected chi connectivity index (χ0v) is 36.1. The maximum atomic E-state index is 12.7. The standard InChI is InChI=1S/C44H80NO8P/c1-6-8-10-12-14-16-18-20-21-22-23-25-26-28-30-32-34-36-43(46)50-40-42(41-52-54(48,49)51-39-38-45(3,4)5)53-44(47)37-35-33-31-29-27-24-19-17-15-13-11-9-7-2/h14,16,20-21,23,25,28,30,42H,6-13,15,17-19,22,24,26-27,29,31-41H2,1-5H3/p+1/b16-14-,21-20-,25-23-,30-28-/t42-/m1/s1. The Morgan fingerprint density at radius 3 is 1.54 bits per heavy atom. The van der Waals surface area contributed by atoms with E-state index >= 15 is 0 Å². The van der Waals surface area contributed by atoms with Gasteiger partial charge in [-0.1, -0.05) is 152 Å². The Morgan fingerprint density at radius 1 is 0.574 bits per heavy atom. The molecule has 54 heavy (non-hydrogen) atoms. The maximum Gasteiger partial charge on any atom is 0.472 e. The molecule has 0 aliphatic carbocycles. The molecule has 0 spiro atoms. The summed E-state index contributed by atoms with van der Waals surface area (Å²) in [5, 5.41) is 0. The van der Waals surface area contributed by atoms with Gasteiger partial charge >= 0.3 is 19.8 Å². The van der Waals surface area contributed by atoms with E-state index in [1.54, 1.807) is 0 Å². The molecular weight excluding hydrogens is 701 g/mol. The number of nitrogens with zero attached hydrogens (tertiary/aromatic N) is 1. The highest BCUT2D eigenvalue weighted by atomic mass is 31.2. The number of unbranched alkanes of at least 4 members (excludes halogenated alkanes) is 16. The van der Waals surface area contributed by atoms with Gasteiger partial charge < -0.3 is 18.9 Å². The molecule has 1 unspecified atom stereocenters. The van der Waals surface area contributed by atoms with Crippen LogP contribution in [0.1, 0.15) is 168 Å². The van der Waals surface area contributed by atoms with Gasteiger partial charge in [0.15, 0.2) is 6.10 Å². The second kappa shape index (κ2) is 36.6. The van der Waals surface area contributed by atoms with Crippen molar-refractivity contribution in [1.29, 1.82) is 0 Å². The first-order valence-corrected chi connectivity index (χ1v) is 22.9. The third-order valence-corrected chi connectivity index (χ3v) is 9.85. The molecule has 9 nitrogen and oxygen atoms in total. The van der Waals surface area contributed by atoms with Gasteiger partial charge in [0.1, 0.15) is 19.8 Å². The minimum atomic E-state index is -4.38. The Bertz CT molecular complexity index is 1070. The largest absolute Gasteiger partial charge is 0.472 e. The van der Waals surface area contributed by atoms with Crippen molar-refractivity contribution in [3.63, 3.8) is 0 Å². The number of hydrogen-bond acceptors (Lipinski definition) is 7. The lowest BCUT2D eigenvalue weighted by molar-refractivity contribution is -0.870. The first-order chi connectivity index (χ1) is 26.0. The number of ether oxygens (including phenoxy) is 2. The van der Waals surface area contributed by atoms with Gasteiger partial charge in [0.05, 0.1) is 27.7 Å². The number of phosphoric ester groups is 1. The zero-order valence-electron chi connectivity index (χ0n) is 35.2. The summed E-state index contributed by atoms with van der Waals surface area (Å²) in [6.07, 6.45) is 41.6. The van der Waals surface area contributed by atoms with Crippen molar-refractivity contribution in [3.8, 4) is 0 Å². The fraction of sp³-hybridized carbons (Fsp3) is 0.773. The smallest absolute Gasteiger partial charge is 0.462 e. The molecule has 0 radical (unpaired) electrons. The van der Waals surface area contributed by atoms with Crippen LogP contribution < -0.4 is 0 Å². The summed E-state index contributed by atoms with van der Waals surface area (Å²) in [5.41, 5.74) is 0. The summed E-state index contributed by atoms with van der Waals surface area (Å²) < 4.78 is 34.2. The van der Waals surface area contributed by atoms with Crippen molar-refractivity contribution in [3.05, 3.63) is 48.6 Å². The van der Waals surface area contributed by atoms with E-state index in [4.69, 9.17) is 18.5 Å². The van der Waals surface area contributed by atoms with Crippen LogP contribution in [0.4, 0.5) is 0 Å². The minimum Gasteiger partial charge on any atom is -0.462 e. The van der Waals surface area contributed by atoms with E-state index in [-0.39, 0.29) is 26.1 Å². The van der Waals surface area contributed by atoms with E-state index in [1.165, 1.54) is 89.9 Å².